The zero-order chi connectivity index (χ0) is 14.0. The lowest BCUT2D eigenvalue weighted by molar-refractivity contribution is 0.405. The van der Waals surface area contributed by atoms with Crippen molar-refractivity contribution in [1.29, 1.82) is 0 Å². The van der Waals surface area contributed by atoms with Crippen LogP contribution < -0.4 is 5.32 Å². The number of nitrogens with zero attached hydrogens (tertiary/aromatic N) is 1. The first-order chi connectivity index (χ1) is 8.92. The quantitative estimate of drug-likeness (QED) is 0.899. The second-order valence-electron chi connectivity index (χ2n) is 6.14. The third-order valence-electron chi connectivity index (χ3n) is 3.92. The minimum absolute atomic E-state index is 0.168. The molecular weight excluding hydrogens is 232 g/mol. The van der Waals surface area contributed by atoms with E-state index in [1.807, 2.05) is 14.0 Å². The summed E-state index contributed by atoms with van der Waals surface area (Å²) in [6.45, 7) is 8.88. The van der Waals surface area contributed by atoms with Crippen molar-refractivity contribution >= 4 is 10.9 Å². The van der Waals surface area contributed by atoms with E-state index < -0.39 is 0 Å². The standard InChI is InChI=1S/C17H24N2/c1-12-6-7-14-10-15(8-9-16(14)19-12)17(3,4)11-13(2)18-5/h6-10,13,18H,11H2,1-5H3. The van der Waals surface area contributed by atoms with Crippen LogP contribution in [0.5, 0.6) is 0 Å². The Labute approximate surface area is 116 Å². The summed E-state index contributed by atoms with van der Waals surface area (Å²) in [5.74, 6) is 0. The van der Waals surface area contributed by atoms with Gasteiger partial charge in [-0.25, -0.2) is 0 Å². The van der Waals surface area contributed by atoms with E-state index in [1.165, 1.54) is 10.9 Å². The average Bonchev–Trinajstić information content (AvgIpc) is 2.37. The lowest BCUT2D eigenvalue weighted by Crippen LogP contribution is -2.30. The fourth-order valence-corrected chi connectivity index (χ4v) is 2.63. The van der Waals surface area contributed by atoms with Gasteiger partial charge in [0.25, 0.3) is 0 Å². The maximum atomic E-state index is 4.56. The molecule has 0 aliphatic heterocycles. The van der Waals surface area contributed by atoms with Gasteiger partial charge in [-0.15, -0.1) is 0 Å². The molecule has 1 N–H and O–H groups in total. The Morgan fingerprint density at radius 2 is 1.95 bits per heavy atom. The molecule has 1 aromatic carbocycles. The van der Waals surface area contributed by atoms with Crippen molar-refractivity contribution in [3.05, 3.63) is 41.6 Å². The molecule has 1 unspecified atom stereocenters. The van der Waals surface area contributed by atoms with Crippen LogP contribution in [0.4, 0.5) is 0 Å². The van der Waals surface area contributed by atoms with Gasteiger partial charge in [0.1, 0.15) is 0 Å². The Morgan fingerprint density at radius 1 is 1.21 bits per heavy atom. The van der Waals surface area contributed by atoms with E-state index in [0.717, 1.165) is 17.6 Å². The van der Waals surface area contributed by atoms with Crippen molar-refractivity contribution in [2.75, 3.05) is 7.05 Å². The Kier molecular flexibility index (Phi) is 3.91. The van der Waals surface area contributed by atoms with Crippen molar-refractivity contribution in [1.82, 2.24) is 10.3 Å². The summed E-state index contributed by atoms with van der Waals surface area (Å²) < 4.78 is 0. The molecule has 0 aliphatic rings. The van der Waals surface area contributed by atoms with Gasteiger partial charge < -0.3 is 5.32 Å². The van der Waals surface area contributed by atoms with Crippen LogP contribution in [0.3, 0.4) is 0 Å². The first-order valence-corrected chi connectivity index (χ1v) is 6.97. The zero-order valence-corrected chi connectivity index (χ0v) is 12.6. The molecule has 2 rings (SSSR count). The van der Waals surface area contributed by atoms with Gasteiger partial charge in [0.05, 0.1) is 5.52 Å². The van der Waals surface area contributed by atoms with Gasteiger partial charge in [0, 0.05) is 17.1 Å². The molecule has 1 aromatic heterocycles. The summed E-state index contributed by atoms with van der Waals surface area (Å²) >= 11 is 0. The largest absolute Gasteiger partial charge is 0.317 e. The monoisotopic (exact) mass is 256 g/mol. The van der Waals surface area contributed by atoms with Gasteiger partial charge in [-0.3, -0.25) is 4.98 Å². The van der Waals surface area contributed by atoms with Gasteiger partial charge >= 0.3 is 0 Å². The molecule has 2 heteroatoms. The molecule has 1 heterocycles. The number of rotatable bonds is 4. The smallest absolute Gasteiger partial charge is 0.0705 e. The van der Waals surface area contributed by atoms with E-state index in [4.69, 9.17) is 0 Å². The molecule has 0 fully saturated rings. The first kappa shape index (κ1) is 14.0. The highest BCUT2D eigenvalue weighted by Crippen LogP contribution is 2.30. The molecule has 102 valence electrons. The fourth-order valence-electron chi connectivity index (χ4n) is 2.63. The van der Waals surface area contributed by atoms with Gasteiger partial charge in [-0.1, -0.05) is 26.0 Å². The van der Waals surface area contributed by atoms with Crippen molar-refractivity contribution in [3.8, 4) is 0 Å². The summed E-state index contributed by atoms with van der Waals surface area (Å²) in [6.07, 6.45) is 1.12. The minimum atomic E-state index is 0.168. The second-order valence-corrected chi connectivity index (χ2v) is 6.14. The van der Waals surface area contributed by atoms with Crippen LogP contribution in [-0.4, -0.2) is 18.1 Å². The summed E-state index contributed by atoms with van der Waals surface area (Å²) in [5.41, 5.74) is 3.71. The second kappa shape index (κ2) is 5.30. The van der Waals surface area contributed by atoms with E-state index in [0.29, 0.717) is 6.04 Å². The molecule has 0 aliphatic carbocycles. The molecule has 0 saturated heterocycles. The van der Waals surface area contributed by atoms with E-state index in [1.54, 1.807) is 0 Å². The number of hydrogen-bond donors (Lipinski definition) is 1. The first-order valence-electron chi connectivity index (χ1n) is 6.97. The normalized spacial score (nSPS) is 13.7. The Morgan fingerprint density at radius 3 is 2.63 bits per heavy atom. The molecule has 0 radical (unpaired) electrons. The van der Waals surface area contributed by atoms with Gasteiger partial charge in [0.15, 0.2) is 0 Å². The van der Waals surface area contributed by atoms with Crippen molar-refractivity contribution in [2.45, 2.75) is 45.6 Å². The van der Waals surface area contributed by atoms with Crippen LogP contribution >= 0.6 is 0 Å². The number of fused-ring (bicyclic) bond motifs is 1. The maximum Gasteiger partial charge on any atom is 0.0705 e. The number of aryl methyl sites for hydroxylation is 1. The Bertz CT molecular complexity index is 572. The Hall–Kier alpha value is -1.41. The highest BCUT2D eigenvalue weighted by atomic mass is 14.9. The number of aromatic nitrogens is 1. The fraction of sp³-hybridized carbons (Fsp3) is 0.471. The molecular formula is C17H24N2. The van der Waals surface area contributed by atoms with Crippen LogP contribution in [0.15, 0.2) is 30.3 Å². The van der Waals surface area contributed by atoms with Gasteiger partial charge in [-0.2, -0.15) is 0 Å². The molecule has 0 spiro atoms. The van der Waals surface area contributed by atoms with Crippen LogP contribution in [0, 0.1) is 6.92 Å². The highest BCUT2D eigenvalue weighted by Gasteiger charge is 2.23. The predicted octanol–water partition coefficient (Wildman–Crippen LogP) is 3.82. The van der Waals surface area contributed by atoms with Crippen LogP contribution in [0.2, 0.25) is 0 Å². The lowest BCUT2D eigenvalue weighted by Gasteiger charge is -2.29. The highest BCUT2D eigenvalue weighted by molar-refractivity contribution is 5.79. The van der Waals surface area contributed by atoms with Crippen LogP contribution in [0.1, 0.15) is 38.4 Å². The number of benzene rings is 1. The summed E-state index contributed by atoms with van der Waals surface area (Å²) in [4.78, 5) is 4.56. The molecule has 0 amide bonds. The molecule has 1 atom stereocenters. The molecule has 0 bridgehead atoms. The number of pyridine rings is 1. The molecule has 2 aromatic rings. The van der Waals surface area contributed by atoms with Gasteiger partial charge in [0.2, 0.25) is 0 Å². The minimum Gasteiger partial charge on any atom is -0.317 e. The van der Waals surface area contributed by atoms with E-state index in [2.05, 4.69) is 61.4 Å². The van der Waals surface area contributed by atoms with Crippen molar-refractivity contribution in [3.63, 3.8) is 0 Å². The van der Waals surface area contributed by atoms with Crippen LogP contribution in [-0.2, 0) is 5.41 Å². The SMILES string of the molecule is CNC(C)CC(C)(C)c1ccc2nc(C)ccc2c1. The Balaban J connectivity index is 2.37. The third kappa shape index (κ3) is 3.13. The summed E-state index contributed by atoms with van der Waals surface area (Å²) in [6, 6.07) is 11.4. The molecule has 0 saturated carbocycles. The predicted molar refractivity (Wildman–Crippen MR) is 82.6 cm³/mol. The van der Waals surface area contributed by atoms with Crippen molar-refractivity contribution in [2.24, 2.45) is 0 Å². The van der Waals surface area contributed by atoms with E-state index >= 15 is 0 Å². The molecule has 19 heavy (non-hydrogen) atoms. The van der Waals surface area contributed by atoms with E-state index in [9.17, 15) is 0 Å². The zero-order valence-electron chi connectivity index (χ0n) is 12.6. The molecule has 2 nitrogen and oxygen atoms in total. The van der Waals surface area contributed by atoms with Crippen LogP contribution in [0.25, 0.3) is 10.9 Å². The maximum absolute atomic E-state index is 4.56. The number of hydrogen-bond acceptors (Lipinski definition) is 2. The number of nitrogens with one attached hydrogen (secondary N) is 1. The van der Waals surface area contributed by atoms with Gasteiger partial charge in [-0.05, 0) is 56.5 Å². The summed E-state index contributed by atoms with van der Waals surface area (Å²) in [7, 11) is 2.02. The average molecular weight is 256 g/mol. The van der Waals surface area contributed by atoms with E-state index in [-0.39, 0.29) is 5.41 Å². The summed E-state index contributed by atoms with van der Waals surface area (Å²) in [5, 5.41) is 4.55. The lowest BCUT2D eigenvalue weighted by atomic mass is 9.79. The van der Waals surface area contributed by atoms with Crippen molar-refractivity contribution < 1.29 is 0 Å². The topological polar surface area (TPSA) is 24.9 Å². The third-order valence-corrected chi connectivity index (χ3v) is 3.92.